The second-order valence-electron chi connectivity index (χ2n) is 4.39. The smallest absolute Gasteiger partial charge is 0.178 e. The van der Waals surface area contributed by atoms with E-state index in [-0.39, 0.29) is 10.7 Å². The highest BCUT2D eigenvalue weighted by Crippen LogP contribution is 2.19. The van der Waals surface area contributed by atoms with Crippen LogP contribution in [-0.2, 0) is 10.8 Å². The summed E-state index contributed by atoms with van der Waals surface area (Å²) in [5.41, 5.74) is 0.418. The van der Waals surface area contributed by atoms with Crippen molar-refractivity contribution in [3.05, 3.63) is 64.1 Å². The van der Waals surface area contributed by atoms with Crippen molar-refractivity contribution in [2.75, 3.05) is 0 Å². The Balaban J connectivity index is 2.24. The van der Waals surface area contributed by atoms with Crippen LogP contribution in [0.1, 0.15) is 17.3 Å². The molecule has 2 aromatic carbocycles. The predicted octanol–water partition coefficient (Wildman–Crippen LogP) is 4.11. The molecule has 0 bridgehead atoms. The van der Waals surface area contributed by atoms with E-state index in [1.807, 2.05) is 0 Å². The van der Waals surface area contributed by atoms with Crippen LogP contribution < -0.4 is 0 Å². The number of hydrogen-bond donors (Lipinski definition) is 0. The Morgan fingerprint density at radius 3 is 2.29 bits per heavy atom. The first-order valence-electron chi connectivity index (χ1n) is 6.05. The lowest BCUT2D eigenvalue weighted by Crippen LogP contribution is -2.23. The van der Waals surface area contributed by atoms with E-state index in [1.54, 1.807) is 24.3 Å². The van der Waals surface area contributed by atoms with Crippen LogP contribution in [0.15, 0.2) is 51.8 Å². The Hall–Kier alpha value is -1.40. The number of rotatable bonds is 4. The molecule has 110 valence electrons. The molecule has 0 fully saturated rings. The van der Waals surface area contributed by atoms with Crippen LogP contribution in [0.3, 0.4) is 0 Å². The Labute approximate surface area is 131 Å². The minimum Gasteiger partial charge on any atom is -0.293 e. The fraction of sp³-hybridized carbons (Fsp3) is 0.133. The molecule has 0 aliphatic heterocycles. The highest BCUT2D eigenvalue weighted by molar-refractivity contribution is 9.10. The molecule has 0 aliphatic carbocycles. The first kappa shape index (κ1) is 16.0. The summed E-state index contributed by atoms with van der Waals surface area (Å²) in [6, 6.07) is 9.63. The highest BCUT2D eigenvalue weighted by atomic mass is 79.9. The van der Waals surface area contributed by atoms with Gasteiger partial charge >= 0.3 is 0 Å². The zero-order valence-corrected chi connectivity index (χ0v) is 13.4. The largest absolute Gasteiger partial charge is 0.293 e. The maximum absolute atomic E-state index is 13.2. The van der Waals surface area contributed by atoms with E-state index in [9.17, 15) is 17.8 Å². The lowest BCUT2D eigenvalue weighted by Gasteiger charge is -2.11. The minimum atomic E-state index is -1.75. The third kappa shape index (κ3) is 3.63. The van der Waals surface area contributed by atoms with Gasteiger partial charge in [-0.2, -0.15) is 0 Å². The average molecular weight is 373 g/mol. The molecule has 0 N–H and O–H groups in total. The molecule has 2 aromatic rings. The van der Waals surface area contributed by atoms with Crippen molar-refractivity contribution >= 4 is 32.5 Å². The van der Waals surface area contributed by atoms with E-state index in [0.29, 0.717) is 5.56 Å². The first-order valence-corrected chi connectivity index (χ1v) is 8.06. The van der Waals surface area contributed by atoms with E-state index in [1.165, 1.54) is 13.0 Å². The quantitative estimate of drug-likeness (QED) is 0.756. The molecule has 2 atom stereocenters. The molecular weight excluding hydrogens is 362 g/mol. The summed E-state index contributed by atoms with van der Waals surface area (Å²) in [6.07, 6.45) is 0. The molecule has 2 rings (SSSR count). The van der Waals surface area contributed by atoms with Gasteiger partial charge < -0.3 is 0 Å². The van der Waals surface area contributed by atoms with Crippen LogP contribution in [0.2, 0.25) is 0 Å². The van der Waals surface area contributed by atoms with Crippen molar-refractivity contribution in [1.82, 2.24) is 0 Å². The van der Waals surface area contributed by atoms with Crippen molar-refractivity contribution in [2.24, 2.45) is 0 Å². The van der Waals surface area contributed by atoms with Crippen LogP contribution in [0, 0.1) is 11.6 Å². The number of ketones is 1. The molecule has 6 heteroatoms. The van der Waals surface area contributed by atoms with Gasteiger partial charge in [-0.15, -0.1) is 0 Å². The second-order valence-corrected chi connectivity index (χ2v) is 7.08. The van der Waals surface area contributed by atoms with Gasteiger partial charge in [-0.3, -0.25) is 9.00 Å². The normalized spacial score (nSPS) is 13.7. The predicted molar refractivity (Wildman–Crippen MR) is 80.7 cm³/mol. The van der Waals surface area contributed by atoms with Crippen LogP contribution in [-0.4, -0.2) is 15.2 Å². The molecule has 0 aliphatic rings. The molecule has 0 radical (unpaired) electrons. The van der Waals surface area contributed by atoms with E-state index < -0.39 is 27.7 Å². The van der Waals surface area contributed by atoms with Gasteiger partial charge in [0.25, 0.3) is 0 Å². The minimum absolute atomic E-state index is 0.0897. The monoisotopic (exact) mass is 372 g/mol. The topological polar surface area (TPSA) is 34.1 Å². The molecule has 0 saturated heterocycles. The van der Waals surface area contributed by atoms with Gasteiger partial charge in [-0.1, -0.05) is 28.1 Å². The lowest BCUT2D eigenvalue weighted by molar-refractivity contribution is 0.0992. The molecule has 2 unspecified atom stereocenters. The fourth-order valence-electron chi connectivity index (χ4n) is 1.75. The number of benzene rings is 2. The molecule has 0 heterocycles. The molecule has 0 aromatic heterocycles. The summed E-state index contributed by atoms with van der Waals surface area (Å²) >= 11 is 3.26. The van der Waals surface area contributed by atoms with Crippen molar-refractivity contribution < 1.29 is 17.8 Å². The van der Waals surface area contributed by atoms with Crippen molar-refractivity contribution in [1.29, 1.82) is 0 Å². The molecule has 21 heavy (non-hydrogen) atoms. The van der Waals surface area contributed by atoms with Gasteiger partial charge in [0.2, 0.25) is 0 Å². The summed E-state index contributed by atoms with van der Waals surface area (Å²) in [4.78, 5) is 12.3. The van der Waals surface area contributed by atoms with Gasteiger partial charge in [0, 0.05) is 14.9 Å². The third-order valence-corrected chi connectivity index (χ3v) is 5.05. The maximum Gasteiger partial charge on any atom is 0.178 e. The first-order chi connectivity index (χ1) is 9.90. The van der Waals surface area contributed by atoms with Crippen molar-refractivity contribution in [3.63, 3.8) is 0 Å². The zero-order valence-electron chi connectivity index (χ0n) is 11.0. The molecule has 0 spiro atoms. The van der Waals surface area contributed by atoms with E-state index in [4.69, 9.17) is 0 Å². The molecule has 0 amide bonds. The number of halogens is 3. The van der Waals surface area contributed by atoms with Gasteiger partial charge in [-0.25, -0.2) is 8.78 Å². The summed E-state index contributed by atoms with van der Waals surface area (Å²) in [5, 5.41) is -0.851. The zero-order chi connectivity index (χ0) is 15.6. The number of Topliss-reactive ketones (excluding diaryl/α,β-unsaturated/α-hetero) is 1. The Morgan fingerprint density at radius 2 is 1.71 bits per heavy atom. The average Bonchev–Trinajstić information content (AvgIpc) is 2.48. The lowest BCUT2D eigenvalue weighted by atomic mass is 10.1. The van der Waals surface area contributed by atoms with E-state index in [0.717, 1.165) is 16.6 Å². The Kier molecular flexibility index (Phi) is 5.00. The third-order valence-electron chi connectivity index (χ3n) is 2.94. The van der Waals surface area contributed by atoms with Crippen molar-refractivity contribution in [2.45, 2.75) is 17.1 Å². The summed E-state index contributed by atoms with van der Waals surface area (Å²) in [5.74, 6) is -2.41. The van der Waals surface area contributed by atoms with E-state index >= 15 is 0 Å². The van der Waals surface area contributed by atoms with Crippen LogP contribution in [0.5, 0.6) is 0 Å². The summed E-state index contributed by atoms with van der Waals surface area (Å²) in [7, 11) is -1.75. The van der Waals surface area contributed by atoms with Gasteiger partial charge in [0.1, 0.15) is 0 Å². The number of carbonyl (C=O) groups is 1. The fourth-order valence-corrected chi connectivity index (χ4v) is 3.18. The number of carbonyl (C=O) groups excluding carboxylic acids is 1. The van der Waals surface area contributed by atoms with E-state index in [2.05, 4.69) is 15.9 Å². The number of hydrogen-bond acceptors (Lipinski definition) is 2. The highest BCUT2D eigenvalue weighted by Gasteiger charge is 2.23. The van der Waals surface area contributed by atoms with Gasteiger partial charge in [0.15, 0.2) is 17.4 Å². The van der Waals surface area contributed by atoms with Crippen molar-refractivity contribution in [3.8, 4) is 0 Å². The SMILES string of the molecule is CC(C(=O)c1ccc(Br)cc1)S(=O)c1ccc(F)c(F)c1. The standard InChI is InChI=1S/C15H11BrF2O2S/c1-9(15(19)10-2-4-11(16)5-3-10)21(20)12-6-7-13(17)14(18)8-12/h2-9H,1H3. The van der Waals surface area contributed by atoms with Crippen LogP contribution >= 0.6 is 15.9 Å². The van der Waals surface area contributed by atoms with Gasteiger partial charge in [-0.05, 0) is 37.3 Å². The molecule has 0 saturated carbocycles. The summed E-state index contributed by atoms with van der Waals surface area (Å²) < 4.78 is 39.2. The Bertz CT molecular complexity index is 701. The Morgan fingerprint density at radius 1 is 1.10 bits per heavy atom. The maximum atomic E-state index is 13.2. The molecule has 2 nitrogen and oxygen atoms in total. The van der Waals surface area contributed by atoms with Crippen LogP contribution in [0.4, 0.5) is 8.78 Å². The summed E-state index contributed by atoms with van der Waals surface area (Å²) in [6.45, 7) is 1.50. The second kappa shape index (κ2) is 6.58. The van der Waals surface area contributed by atoms with Gasteiger partial charge in [0.05, 0.1) is 16.0 Å². The molecular formula is C15H11BrF2O2S. The van der Waals surface area contributed by atoms with Crippen LogP contribution in [0.25, 0.3) is 0 Å².